The van der Waals surface area contributed by atoms with Crippen molar-refractivity contribution in [3.63, 3.8) is 0 Å². The maximum Gasteiger partial charge on any atom is 0.408 e. The number of hydrogen-bond donors (Lipinski definition) is 4. The van der Waals surface area contributed by atoms with Crippen LogP contribution in [0.25, 0.3) is 0 Å². The van der Waals surface area contributed by atoms with E-state index in [0.29, 0.717) is 25.4 Å². The quantitative estimate of drug-likeness (QED) is 0.248. The molecule has 0 aromatic heterocycles. The van der Waals surface area contributed by atoms with E-state index in [4.69, 9.17) is 15.9 Å². The Morgan fingerprint density at radius 3 is 2.40 bits per heavy atom. The van der Waals surface area contributed by atoms with E-state index in [1.165, 1.54) is 0 Å². The first-order valence-electron chi connectivity index (χ1n) is 13.0. The number of alkyl carbamates (subject to hydrolysis) is 1. The van der Waals surface area contributed by atoms with Crippen LogP contribution in [0, 0.1) is 17.2 Å². The number of thioether (sulfide) groups is 1. The summed E-state index contributed by atoms with van der Waals surface area (Å²) in [6, 6.07) is -1.34. The van der Waals surface area contributed by atoms with Gasteiger partial charge in [-0.05, 0) is 84.3 Å². The number of nitrogens with zero attached hydrogens (tertiary/aromatic N) is 1. The molecule has 1 saturated heterocycles. The molecule has 3 amide bonds. The van der Waals surface area contributed by atoms with Crippen LogP contribution in [-0.2, 0) is 14.3 Å². The maximum atomic E-state index is 13.7. The zero-order valence-electron chi connectivity index (χ0n) is 22.0. The summed E-state index contributed by atoms with van der Waals surface area (Å²) in [4.78, 5) is 40.9. The van der Waals surface area contributed by atoms with Gasteiger partial charge in [0.25, 0.3) is 0 Å². The fraction of sp³-hybridized carbons (Fsp3) is 0.840. The van der Waals surface area contributed by atoms with Crippen molar-refractivity contribution in [2.75, 3.05) is 18.8 Å². The lowest BCUT2D eigenvalue weighted by Gasteiger charge is -2.37. The summed E-state index contributed by atoms with van der Waals surface area (Å²) < 4.78 is 4.70. The van der Waals surface area contributed by atoms with Crippen molar-refractivity contribution in [1.29, 1.82) is 5.41 Å². The van der Waals surface area contributed by atoms with E-state index < -0.39 is 22.9 Å². The average Bonchev–Trinajstić information content (AvgIpc) is 3.29. The van der Waals surface area contributed by atoms with Crippen LogP contribution in [0.15, 0.2) is 0 Å². The van der Waals surface area contributed by atoms with Gasteiger partial charge in [0.15, 0.2) is 0 Å². The van der Waals surface area contributed by atoms with Gasteiger partial charge in [-0.15, -0.1) is 0 Å². The van der Waals surface area contributed by atoms with Crippen molar-refractivity contribution in [3.8, 4) is 0 Å². The van der Waals surface area contributed by atoms with Crippen LogP contribution in [-0.4, -0.2) is 70.4 Å². The molecule has 0 unspecified atom stereocenters. The number of hydrogen-bond acceptors (Lipinski definition) is 6. The van der Waals surface area contributed by atoms with Gasteiger partial charge in [0.1, 0.15) is 12.1 Å². The Labute approximate surface area is 214 Å². The lowest BCUT2D eigenvalue weighted by molar-refractivity contribution is -0.140. The third kappa shape index (κ3) is 8.58. The van der Waals surface area contributed by atoms with Crippen molar-refractivity contribution in [1.82, 2.24) is 15.5 Å². The Morgan fingerprint density at radius 1 is 1.17 bits per heavy atom. The molecule has 10 heteroatoms. The van der Waals surface area contributed by atoms with E-state index in [9.17, 15) is 14.4 Å². The molecule has 2 atom stereocenters. The summed E-state index contributed by atoms with van der Waals surface area (Å²) in [6.45, 7) is 10.6. The number of nitrogens with one attached hydrogen (secondary N) is 3. The van der Waals surface area contributed by atoms with Crippen LogP contribution >= 0.6 is 11.8 Å². The molecule has 0 bridgehead atoms. The first-order valence-corrected chi connectivity index (χ1v) is 14.0. The molecule has 0 spiro atoms. The molecule has 35 heavy (non-hydrogen) atoms. The van der Waals surface area contributed by atoms with Crippen LogP contribution < -0.4 is 16.4 Å². The van der Waals surface area contributed by atoms with E-state index in [0.717, 1.165) is 44.3 Å². The monoisotopic (exact) mass is 511 g/mol. The van der Waals surface area contributed by atoms with Gasteiger partial charge in [-0.1, -0.05) is 6.92 Å². The minimum Gasteiger partial charge on any atom is -0.447 e. The molecule has 1 heterocycles. The molecule has 2 fully saturated rings. The molecule has 9 nitrogen and oxygen atoms in total. The van der Waals surface area contributed by atoms with Gasteiger partial charge in [0, 0.05) is 23.8 Å². The normalized spacial score (nSPS) is 23.6. The summed E-state index contributed by atoms with van der Waals surface area (Å²) in [5.41, 5.74) is 5.64. The van der Waals surface area contributed by atoms with Gasteiger partial charge in [-0.3, -0.25) is 15.0 Å². The second-order valence-electron chi connectivity index (χ2n) is 10.6. The minimum atomic E-state index is -0.805. The number of carbonyl (C=O) groups excluding carboxylic acids is 3. The number of amidine groups is 1. The zero-order valence-corrected chi connectivity index (χ0v) is 22.8. The van der Waals surface area contributed by atoms with Crippen molar-refractivity contribution in [2.24, 2.45) is 17.6 Å². The van der Waals surface area contributed by atoms with E-state index in [-0.39, 0.29) is 29.7 Å². The highest BCUT2D eigenvalue weighted by Crippen LogP contribution is 2.32. The number of carbonyl (C=O) groups is 3. The molecule has 200 valence electrons. The Balaban J connectivity index is 2.04. The minimum absolute atomic E-state index is 0.132. The van der Waals surface area contributed by atoms with Gasteiger partial charge < -0.3 is 26.0 Å². The topological polar surface area (TPSA) is 138 Å². The lowest BCUT2D eigenvalue weighted by Crippen LogP contribution is -2.60. The van der Waals surface area contributed by atoms with Crippen molar-refractivity contribution >= 4 is 35.5 Å². The standard InChI is InChI=1S/C25H45N5O4S/c1-6-14-35-25(4,5)20(29-24(33)34-16(2)3)23(32)30-13-7-8-19(30)22(31)28-15-17-9-11-18(12-10-17)21(26)27/h16-20H,6-15H2,1-5H3,(H3,26,27)(H,28,31)(H,29,33)/t17?,18?,19-,20-/m0/s1. The predicted octanol–water partition coefficient (Wildman–Crippen LogP) is 3.26. The molecular formula is C25H45N5O4S. The summed E-state index contributed by atoms with van der Waals surface area (Å²) >= 11 is 1.63. The second-order valence-corrected chi connectivity index (χ2v) is 12.3. The number of nitrogens with two attached hydrogens (primary N) is 1. The fourth-order valence-electron chi connectivity index (χ4n) is 4.86. The van der Waals surface area contributed by atoms with Crippen LogP contribution in [0.2, 0.25) is 0 Å². The van der Waals surface area contributed by atoms with E-state index in [2.05, 4.69) is 17.6 Å². The Morgan fingerprint density at radius 2 is 1.83 bits per heavy atom. The summed E-state index contributed by atoms with van der Waals surface area (Å²) in [5.74, 6) is 1.27. The first kappa shape index (κ1) is 29.3. The highest BCUT2D eigenvalue weighted by molar-refractivity contribution is 8.00. The fourth-order valence-corrected chi connectivity index (χ4v) is 5.91. The van der Waals surface area contributed by atoms with Crippen LogP contribution in [0.4, 0.5) is 4.79 Å². The van der Waals surface area contributed by atoms with Gasteiger partial charge >= 0.3 is 6.09 Å². The molecule has 2 rings (SSSR count). The van der Waals surface area contributed by atoms with Gasteiger partial charge in [0.05, 0.1) is 11.9 Å². The van der Waals surface area contributed by atoms with E-state index in [1.54, 1.807) is 30.5 Å². The Bertz CT molecular complexity index is 752. The van der Waals surface area contributed by atoms with Crippen molar-refractivity contribution < 1.29 is 19.1 Å². The molecule has 5 N–H and O–H groups in total. The third-order valence-corrected chi connectivity index (χ3v) is 8.51. The maximum absolute atomic E-state index is 13.7. The highest BCUT2D eigenvalue weighted by Gasteiger charge is 2.44. The number of amides is 3. The molecule has 2 aliphatic rings. The second kappa shape index (κ2) is 13.4. The molecular weight excluding hydrogens is 466 g/mol. The number of ether oxygens (including phenoxy) is 1. The Kier molecular flexibility index (Phi) is 11.2. The summed E-state index contributed by atoms with van der Waals surface area (Å²) in [6.07, 6.45) is 5.03. The molecule has 1 saturated carbocycles. The largest absolute Gasteiger partial charge is 0.447 e. The van der Waals surface area contributed by atoms with Crippen LogP contribution in [0.3, 0.4) is 0 Å². The van der Waals surface area contributed by atoms with Gasteiger partial charge in [0.2, 0.25) is 11.8 Å². The summed E-state index contributed by atoms with van der Waals surface area (Å²) in [7, 11) is 0. The molecule has 1 aliphatic heterocycles. The summed E-state index contributed by atoms with van der Waals surface area (Å²) in [5, 5.41) is 13.5. The van der Waals surface area contributed by atoms with Crippen LogP contribution in [0.1, 0.15) is 79.6 Å². The van der Waals surface area contributed by atoms with Crippen molar-refractivity contribution in [2.45, 2.75) is 102 Å². The zero-order chi connectivity index (χ0) is 26.2. The van der Waals surface area contributed by atoms with Crippen molar-refractivity contribution in [3.05, 3.63) is 0 Å². The molecule has 0 radical (unpaired) electrons. The SMILES string of the molecule is CCCSC(C)(C)[C@@H](NC(=O)OC(C)C)C(=O)N1CCC[C@H]1C(=O)NCC1CCC(C(=N)N)CC1. The van der Waals surface area contributed by atoms with E-state index in [1.807, 2.05) is 13.8 Å². The van der Waals surface area contributed by atoms with E-state index >= 15 is 0 Å². The van der Waals surface area contributed by atoms with Crippen LogP contribution in [0.5, 0.6) is 0 Å². The first-order chi connectivity index (χ1) is 16.5. The number of rotatable bonds is 11. The lowest BCUT2D eigenvalue weighted by atomic mass is 9.81. The van der Waals surface area contributed by atoms with Gasteiger partial charge in [-0.25, -0.2) is 4.79 Å². The molecule has 1 aliphatic carbocycles. The molecule has 0 aromatic carbocycles. The average molecular weight is 512 g/mol. The number of likely N-dealkylation sites (tertiary alicyclic amines) is 1. The van der Waals surface area contributed by atoms with Gasteiger partial charge in [-0.2, -0.15) is 11.8 Å². The predicted molar refractivity (Wildman–Crippen MR) is 140 cm³/mol. The smallest absolute Gasteiger partial charge is 0.408 e. The highest BCUT2D eigenvalue weighted by atomic mass is 32.2. The third-order valence-electron chi connectivity index (χ3n) is 6.92. The molecule has 0 aromatic rings. The Hall–Kier alpha value is -1.97.